The van der Waals surface area contributed by atoms with E-state index >= 15 is 0 Å². The van der Waals surface area contributed by atoms with Crippen LogP contribution in [0, 0.1) is 17.8 Å². The van der Waals surface area contributed by atoms with Crippen molar-refractivity contribution in [2.75, 3.05) is 40.8 Å². The molecule has 0 aromatic heterocycles. The van der Waals surface area contributed by atoms with Crippen molar-refractivity contribution in [2.45, 2.75) is 147 Å². The van der Waals surface area contributed by atoms with Crippen LogP contribution >= 0.6 is 8.46 Å². The molecule has 290 valence electrons. The third-order valence-corrected chi connectivity index (χ3v) is 12.0. The van der Waals surface area contributed by atoms with Crippen molar-refractivity contribution in [3.63, 3.8) is 0 Å². The van der Waals surface area contributed by atoms with Gasteiger partial charge >= 0.3 is 12.1 Å². The summed E-state index contributed by atoms with van der Waals surface area (Å²) in [6, 6.07) is -0.910. The lowest BCUT2D eigenvalue weighted by Gasteiger charge is -2.46. The predicted molar refractivity (Wildman–Crippen MR) is 191 cm³/mol. The lowest BCUT2D eigenvalue weighted by Crippen LogP contribution is -2.61. The van der Waals surface area contributed by atoms with Gasteiger partial charge in [0.15, 0.2) is 26.1 Å². The number of hydrogen-bond acceptors (Lipinski definition) is 12. The van der Waals surface area contributed by atoms with Crippen LogP contribution < -0.4 is 5.32 Å². The fourth-order valence-corrected chi connectivity index (χ4v) is 9.06. The molecule has 51 heavy (non-hydrogen) atoms. The summed E-state index contributed by atoms with van der Waals surface area (Å²) in [6.07, 6.45) is -0.686. The summed E-state index contributed by atoms with van der Waals surface area (Å²) in [5.74, 6) is -3.16. The molecule has 3 heterocycles. The summed E-state index contributed by atoms with van der Waals surface area (Å²) in [4.78, 5) is 48.1. The SMILES string of the molecule is CC[C@H]1OC(=O)[C@H](C)C(=O)[C@H](C)[C@@H](O[C@@H]2OC(C)CC(N(C)C)C2P=O)[C@](C)(OC)C[C@@H](C)CN[C@H](C)[C@H]2N(CCCCN=[N+]=[N-])C(=O)O[C@]12C. The van der Waals surface area contributed by atoms with Crippen LogP contribution in [0.1, 0.15) is 87.5 Å². The second kappa shape index (κ2) is 18.6. The molecule has 0 saturated carbocycles. The van der Waals surface area contributed by atoms with Gasteiger partial charge in [0.05, 0.1) is 23.9 Å². The summed E-state index contributed by atoms with van der Waals surface area (Å²) in [5.41, 5.74) is 5.88. The quantitative estimate of drug-likeness (QED) is 0.0548. The number of unbranched alkanes of at least 4 members (excludes halogenated alkanes) is 1. The molecule has 16 heteroatoms. The van der Waals surface area contributed by atoms with Crippen molar-refractivity contribution in [3.8, 4) is 0 Å². The molecule has 0 spiro atoms. The van der Waals surface area contributed by atoms with Crippen LogP contribution in [0.4, 0.5) is 4.79 Å². The van der Waals surface area contributed by atoms with Gasteiger partial charge < -0.3 is 33.9 Å². The maximum absolute atomic E-state index is 14.3. The summed E-state index contributed by atoms with van der Waals surface area (Å²) >= 11 is 0. The van der Waals surface area contributed by atoms with Gasteiger partial charge in [-0.05, 0) is 98.8 Å². The molecule has 1 N–H and O–H groups in total. The highest BCUT2D eigenvalue weighted by atomic mass is 31.1. The van der Waals surface area contributed by atoms with Gasteiger partial charge in [-0.1, -0.05) is 25.9 Å². The first kappa shape index (κ1) is 43.0. The van der Waals surface area contributed by atoms with E-state index in [9.17, 15) is 18.9 Å². The molecule has 0 bridgehead atoms. The van der Waals surface area contributed by atoms with Crippen molar-refractivity contribution in [1.82, 2.24) is 15.1 Å². The van der Waals surface area contributed by atoms with E-state index in [0.717, 1.165) is 0 Å². The van der Waals surface area contributed by atoms with Crippen LogP contribution in [0.5, 0.6) is 0 Å². The minimum absolute atomic E-state index is 0.0102. The van der Waals surface area contributed by atoms with E-state index in [2.05, 4.69) is 22.3 Å². The number of carbonyl (C=O) groups excluding carboxylic acids is 3. The Hall–Kier alpha value is -2.38. The molecule has 3 aliphatic heterocycles. The third-order valence-electron chi connectivity index (χ3n) is 11.1. The Labute approximate surface area is 305 Å². The Kier molecular flexibility index (Phi) is 15.7. The number of esters is 1. The largest absolute Gasteiger partial charge is 0.458 e. The second-order valence-corrected chi connectivity index (χ2v) is 16.2. The summed E-state index contributed by atoms with van der Waals surface area (Å²) < 4.78 is 44.0. The van der Waals surface area contributed by atoms with Crippen LogP contribution in [0.2, 0.25) is 0 Å². The first-order valence-electron chi connectivity index (χ1n) is 18.3. The number of hydrogen-bond donors (Lipinski definition) is 1. The van der Waals surface area contributed by atoms with Gasteiger partial charge in [0.1, 0.15) is 17.7 Å². The molecule has 13 atom stereocenters. The van der Waals surface area contributed by atoms with Gasteiger partial charge in [0, 0.05) is 43.1 Å². The molecule has 1 amide bonds. The molecule has 15 nitrogen and oxygen atoms in total. The van der Waals surface area contributed by atoms with Crippen LogP contribution in [0.3, 0.4) is 0 Å². The van der Waals surface area contributed by atoms with Crippen molar-refractivity contribution in [2.24, 2.45) is 22.9 Å². The number of ketones is 1. The molecular weight excluding hydrogens is 679 g/mol. The van der Waals surface area contributed by atoms with E-state index < -0.39 is 71.1 Å². The number of azide groups is 1. The average Bonchev–Trinajstić information content (AvgIpc) is 3.35. The molecule has 0 aromatic carbocycles. The number of methoxy groups -OCH3 is 1. The van der Waals surface area contributed by atoms with Gasteiger partial charge in [-0.15, -0.1) is 0 Å². The van der Waals surface area contributed by atoms with Crippen molar-refractivity contribution in [1.29, 1.82) is 0 Å². The smallest absolute Gasteiger partial charge is 0.410 e. The molecule has 3 aliphatic rings. The first-order chi connectivity index (χ1) is 24.0. The van der Waals surface area contributed by atoms with E-state index in [1.54, 1.807) is 25.9 Å². The number of carbonyl (C=O) groups is 3. The third kappa shape index (κ3) is 9.79. The Balaban J connectivity index is 2.04. The molecule has 3 unspecified atom stereocenters. The lowest BCUT2D eigenvalue weighted by atomic mass is 9.78. The maximum Gasteiger partial charge on any atom is 0.410 e. The summed E-state index contributed by atoms with van der Waals surface area (Å²) in [5, 5.41) is 7.23. The number of fused-ring (bicyclic) bond motifs is 1. The number of cyclic esters (lactones) is 1. The van der Waals surface area contributed by atoms with Gasteiger partial charge in [-0.2, -0.15) is 0 Å². The molecule has 0 aliphatic carbocycles. The number of rotatable bonds is 11. The minimum Gasteiger partial charge on any atom is -0.458 e. The number of nitrogens with one attached hydrogen (secondary N) is 1. The summed E-state index contributed by atoms with van der Waals surface area (Å²) in [6.45, 7) is 16.0. The Morgan fingerprint density at radius 2 is 1.82 bits per heavy atom. The molecule has 0 aromatic rings. The number of amides is 1. The van der Waals surface area contributed by atoms with E-state index in [1.807, 2.05) is 46.7 Å². The Morgan fingerprint density at radius 1 is 1.14 bits per heavy atom. The van der Waals surface area contributed by atoms with Crippen molar-refractivity contribution < 1.29 is 42.6 Å². The fraction of sp³-hybridized carbons (Fsp3) is 0.914. The maximum atomic E-state index is 14.3. The van der Waals surface area contributed by atoms with Crippen molar-refractivity contribution in [3.05, 3.63) is 10.4 Å². The predicted octanol–water partition coefficient (Wildman–Crippen LogP) is 5.35. The van der Waals surface area contributed by atoms with E-state index in [1.165, 1.54) is 6.92 Å². The van der Waals surface area contributed by atoms with E-state index in [0.29, 0.717) is 51.7 Å². The minimum atomic E-state index is -1.23. The first-order valence-corrected chi connectivity index (χ1v) is 19.2. The fourth-order valence-electron chi connectivity index (χ4n) is 8.29. The monoisotopic (exact) mass is 740 g/mol. The average molecular weight is 741 g/mol. The topological polar surface area (TPSA) is 182 Å². The second-order valence-electron chi connectivity index (χ2n) is 15.4. The zero-order chi connectivity index (χ0) is 38.3. The Bertz CT molecular complexity index is 1270. The number of nitrogens with zero attached hydrogens (tertiary/aromatic N) is 5. The number of ether oxygens (including phenoxy) is 5. The highest BCUT2D eigenvalue weighted by Crippen LogP contribution is 2.41. The standard InChI is InChI=1S/C35H61N6O9P/c1-12-26-35(8)29(41(33(44)50-35)16-14-13-15-38-39-36)24(6)37-19-20(2)18-34(7,46-11)30(22(4)27(42)23(5)31(43)48-26)49-32-28(51-45)25(40(9)10)17-21(3)47-32/h20-26,28-30,32,37H,12-19H2,1-11H3/t20-,21?,22+,23-,24-,25?,26-,28?,29-,30-,32+,34-,35-/m1/s1. The zero-order valence-corrected chi connectivity index (χ0v) is 33.3. The zero-order valence-electron chi connectivity index (χ0n) is 32.4. The Morgan fingerprint density at radius 3 is 2.41 bits per heavy atom. The van der Waals surface area contributed by atoms with Gasteiger partial charge in [0.25, 0.3) is 0 Å². The van der Waals surface area contributed by atoms with Crippen LogP contribution in [-0.2, 0) is 37.8 Å². The van der Waals surface area contributed by atoms with E-state index in [4.69, 9.17) is 29.2 Å². The van der Waals surface area contributed by atoms with Gasteiger partial charge in [-0.25, -0.2) is 4.79 Å². The highest BCUT2D eigenvalue weighted by Gasteiger charge is 2.58. The molecule has 0 radical (unpaired) electrons. The molecule has 3 rings (SSSR count). The summed E-state index contributed by atoms with van der Waals surface area (Å²) in [7, 11) is 5.30. The van der Waals surface area contributed by atoms with Gasteiger partial charge in [-0.3, -0.25) is 19.1 Å². The molecule has 3 saturated heterocycles. The lowest BCUT2D eigenvalue weighted by molar-refractivity contribution is -0.260. The highest BCUT2D eigenvalue weighted by molar-refractivity contribution is 7.25. The molecule has 3 fully saturated rings. The molecular formula is C35H61N6O9P. The van der Waals surface area contributed by atoms with Crippen molar-refractivity contribution >= 4 is 26.3 Å². The number of Topliss-reactive ketones (excluding diaryl/α,β-unsaturated/α-hetero) is 1. The van der Waals surface area contributed by atoms with Crippen LogP contribution in [0.15, 0.2) is 5.11 Å². The van der Waals surface area contributed by atoms with Crippen LogP contribution in [0.25, 0.3) is 10.4 Å². The van der Waals surface area contributed by atoms with Crippen LogP contribution in [-0.4, -0.2) is 128 Å². The van der Waals surface area contributed by atoms with Gasteiger partial charge in [0.2, 0.25) is 0 Å². The normalized spacial score (nSPS) is 40.2. The van der Waals surface area contributed by atoms with E-state index in [-0.39, 0.29) is 32.6 Å².